The molecule has 1 aliphatic heterocycles. The molecule has 6 nitrogen and oxygen atoms in total. The number of thioether (sulfide) groups is 1. The molecule has 0 aliphatic carbocycles. The summed E-state index contributed by atoms with van der Waals surface area (Å²) in [5.74, 6) is 1.01. The molecule has 1 amide bonds. The standard InChI is InChI=1S/C21H25N5OS2/c1-14-5-7-16(8-6-14)10-22-17(27)12-28-20-18-19(23-13-24-20)25-21(29-18)26-9-3-4-15(2)11-26/h5-8,13,15H,3-4,9-12H2,1-2H3,(H,22,27)/t15-/m0/s1. The first-order valence-electron chi connectivity index (χ1n) is 9.90. The first-order chi connectivity index (χ1) is 14.1. The number of aromatic nitrogens is 3. The zero-order chi connectivity index (χ0) is 20.2. The highest BCUT2D eigenvalue weighted by atomic mass is 32.2. The molecule has 8 heteroatoms. The van der Waals surface area contributed by atoms with Crippen LogP contribution in [-0.4, -0.2) is 39.7 Å². The normalized spacial score (nSPS) is 16.9. The maximum atomic E-state index is 12.3. The van der Waals surface area contributed by atoms with E-state index >= 15 is 0 Å². The molecule has 1 fully saturated rings. The Morgan fingerprint density at radius 2 is 2.14 bits per heavy atom. The number of amides is 1. The number of rotatable bonds is 6. The minimum absolute atomic E-state index is 0.00284. The van der Waals surface area contributed by atoms with E-state index in [0.29, 0.717) is 18.2 Å². The van der Waals surface area contributed by atoms with Gasteiger partial charge in [-0.05, 0) is 31.2 Å². The molecular weight excluding hydrogens is 402 g/mol. The van der Waals surface area contributed by atoms with Crippen LogP contribution in [0.2, 0.25) is 0 Å². The van der Waals surface area contributed by atoms with Crippen LogP contribution < -0.4 is 10.2 Å². The Morgan fingerprint density at radius 1 is 1.31 bits per heavy atom. The Labute approximate surface area is 179 Å². The molecule has 1 atom stereocenters. The third-order valence-corrected chi connectivity index (χ3v) is 7.26. The molecule has 3 heterocycles. The first kappa shape index (κ1) is 20.1. The van der Waals surface area contributed by atoms with Crippen LogP contribution in [0.4, 0.5) is 5.13 Å². The summed E-state index contributed by atoms with van der Waals surface area (Å²) in [6.07, 6.45) is 4.02. The third kappa shape index (κ3) is 5.05. The molecule has 4 rings (SSSR count). The minimum Gasteiger partial charge on any atom is -0.351 e. The van der Waals surface area contributed by atoms with Gasteiger partial charge in [-0.1, -0.05) is 59.9 Å². The molecule has 1 aliphatic rings. The molecule has 0 unspecified atom stereocenters. The SMILES string of the molecule is Cc1ccc(CNC(=O)CSc2ncnc3nc(N4CCC[C@H](C)C4)sc23)cc1. The average molecular weight is 428 g/mol. The molecule has 0 radical (unpaired) electrons. The van der Waals surface area contributed by atoms with Gasteiger partial charge >= 0.3 is 0 Å². The quantitative estimate of drug-likeness (QED) is 0.473. The van der Waals surface area contributed by atoms with Crippen molar-refractivity contribution in [2.24, 2.45) is 5.92 Å². The monoisotopic (exact) mass is 427 g/mol. The van der Waals surface area contributed by atoms with Crippen molar-refractivity contribution in [3.05, 3.63) is 41.7 Å². The van der Waals surface area contributed by atoms with Crippen molar-refractivity contribution in [3.8, 4) is 0 Å². The van der Waals surface area contributed by atoms with Crippen molar-refractivity contribution in [1.29, 1.82) is 0 Å². The third-order valence-electron chi connectivity index (χ3n) is 5.03. The van der Waals surface area contributed by atoms with Crippen LogP contribution >= 0.6 is 23.1 Å². The smallest absolute Gasteiger partial charge is 0.230 e. The molecule has 1 aromatic carbocycles. The van der Waals surface area contributed by atoms with Crippen molar-refractivity contribution in [1.82, 2.24) is 20.3 Å². The van der Waals surface area contributed by atoms with E-state index in [9.17, 15) is 4.79 Å². The number of benzene rings is 1. The van der Waals surface area contributed by atoms with E-state index in [1.807, 2.05) is 12.1 Å². The Morgan fingerprint density at radius 3 is 2.93 bits per heavy atom. The Kier molecular flexibility index (Phi) is 6.30. The number of nitrogens with zero attached hydrogens (tertiary/aromatic N) is 4. The van der Waals surface area contributed by atoms with E-state index in [-0.39, 0.29) is 5.91 Å². The van der Waals surface area contributed by atoms with E-state index in [1.54, 1.807) is 11.3 Å². The highest BCUT2D eigenvalue weighted by Crippen LogP contribution is 2.35. The lowest BCUT2D eigenvalue weighted by molar-refractivity contribution is -0.118. The number of hydrogen-bond donors (Lipinski definition) is 1. The fraction of sp³-hybridized carbons (Fsp3) is 0.429. The van der Waals surface area contributed by atoms with Gasteiger partial charge in [0.25, 0.3) is 0 Å². The molecule has 1 N–H and O–H groups in total. The number of aryl methyl sites for hydroxylation is 1. The van der Waals surface area contributed by atoms with E-state index in [1.165, 1.54) is 36.5 Å². The molecule has 3 aromatic rings. The number of piperidine rings is 1. The van der Waals surface area contributed by atoms with Crippen molar-refractivity contribution in [2.45, 2.75) is 38.3 Å². The number of carbonyl (C=O) groups excluding carboxylic acids is 1. The number of carbonyl (C=O) groups is 1. The number of thiazole rings is 1. The fourth-order valence-electron chi connectivity index (χ4n) is 3.42. The van der Waals surface area contributed by atoms with Gasteiger partial charge in [-0.3, -0.25) is 4.79 Å². The van der Waals surface area contributed by atoms with Gasteiger partial charge in [0.05, 0.1) is 5.75 Å². The zero-order valence-electron chi connectivity index (χ0n) is 16.7. The molecule has 2 aromatic heterocycles. The summed E-state index contributed by atoms with van der Waals surface area (Å²) in [6, 6.07) is 8.19. The van der Waals surface area contributed by atoms with Gasteiger partial charge in [0.2, 0.25) is 5.91 Å². The summed E-state index contributed by atoms with van der Waals surface area (Å²) >= 11 is 3.08. The minimum atomic E-state index is -0.00284. The van der Waals surface area contributed by atoms with Gasteiger partial charge in [0.1, 0.15) is 16.1 Å². The van der Waals surface area contributed by atoms with E-state index in [4.69, 9.17) is 4.98 Å². The van der Waals surface area contributed by atoms with E-state index < -0.39 is 0 Å². The summed E-state index contributed by atoms with van der Waals surface area (Å²) in [4.78, 5) is 28.1. The van der Waals surface area contributed by atoms with Crippen LogP contribution in [0.25, 0.3) is 10.3 Å². The largest absolute Gasteiger partial charge is 0.351 e. The fourth-order valence-corrected chi connectivity index (χ4v) is 5.37. The van der Waals surface area contributed by atoms with Gasteiger partial charge < -0.3 is 10.2 Å². The van der Waals surface area contributed by atoms with Gasteiger partial charge in [0.15, 0.2) is 10.8 Å². The van der Waals surface area contributed by atoms with Crippen LogP contribution in [0, 0.1) is 12.8 Å². The maximum absolute atomic E-state index is 12.3. The Bertz CT molecular complexity index is 988. The van der Waals surface area contributed by atoms with Crippen molar-refractivity contribution < 1.29 is 4.79 Å². The van der Waals surface area contributed by atoms with Gasteiger partial charge in [-0.25, -0.2) is 9.97 Å². The molecule has 0 bridgehead atoms. The lowest BCUT2D eigenvalue weighted by Gasteiger charge is -2.30. The number of fused-ring (bicyclic) bond motifs is 1. The maximum Gasteiger partial charge on any atom is 0.230 e. The van der Waals surface area contributed by atoms with Gasteiger partial charge in [-0.2, -0.15) is 4.98 Å². The predicted octanol–water partition coefficient (Wildman–Crippen LogP) is 4.04. The molecule has 29 heavy (non-hydrogen) atoms. The summed E-state index contributed by atoms with van der Waals surface area (Å²) < 4.78 is 0.970. The summed E-state index contributed by atoms with van der Waals surface area (Å²) in [5, 5.41) is 4.81. The zero-order valence-corrected chi connectivity index (χ0v) is 18.4. The second-order valence-corrected chi connectivity index (χ2v) is 9.51. The Hall–Kier alpha value is -2.19. The number of anilines is 1. The van der Waals surface area contributed by atoms with Crippen molar-refractivity contribution >= 4 is 44.5 Å². The second kappa shape index (κ2) is 9.09. The highest BCUT2D eigenvalue weighted by molar-refractivity contribution is 8.00. The first-order valence-corrected chi connectivity index (χ1v) is 11.7. The van der Waals surface area contributed by atoms with Gasteiger partial charge in [0, 0.05) is 19.6 Å². The summed E-state index contributed by atoms with van der Waals surface area (Å²) in [5.41, 5.74) is 3.04. The average Bonchev–Trinajstić information content (AvgIpc) is 3.17. The molecule has 1 saturated heterocycles. The van der Waals surface area contributed by atoms with Crippen LogP contribution in [-0.2, 0) is 11.3 Å². The van der Waals surface area contributed by atoms with Crippen LogP contribution in [0.3, 0.4) is 0 Å². The van der Waals surface area contributed by atoms with Crippen molar-refractivity contribution in [2.75, 3.05) is 23.7 Å². The predicted molar refractivity (Wildman–Crippen MR) is 120 cm³/mol. The van der Waals surface area contributed by atoms with Crippen LogP contribution in [0.15, 0.2) is 35.6 Å². The lowest BCUT2D eigenvalue weighted by atomic mass is 10.0. The summed E-state index contributed by atoms with van der Waals surface area (Å²) in [7, 11) is 0. The van der Waals surface area contributed by atoms with E-state index in [2.05, 4.69) is 46.2 Å². The Balaban J connectivity index is 1.38. The summed E-state index contributed by atoms with van der Waals surface area (Å²) in [6.45, 7) is 6.96. The lowest BCUT2D eigenvalue weighted by Crippen LogP contribution is -2.34. The molecule has 0 spiro atoms. The number of hydrogen-bond acceptors (Lipinski definition) is 7. The topological polar surface area (TPSA) is 71.0 Å². The van der Waals surface area contributed by atoms with Crippen LogP contribution in [0.1, 0.15) is 30.9 Å². The molecule has 0 saturated carbocycles. The van der Waals surface area contributed by atoms with E-state index in [0.717, 1.165) is 39.2 Å². The van der Waals surface area contributed by atoms with Crippen LogP contribution in [0.5, 0.6) is 0 Å². The van der Waals surface area contributed by atoms with Crippen molar-refractivity contribution in [3.63, 3.8) is 0 Å². The van der Waals surface area contributed by atoms with Gasteiger partial charge in [-0.15, -0.1) is 0 Å². The highest BCUT2D eigenvalue weighted by Gasteiger charge is 2.21. The second-order valence-electron chi connectivity index (χ2n) is 7.57. The molecular formula is C21H25N5OS2. The number of nitrogens with one attached hydrogen (secondary N) is 1. The molecule has 152 valence electrons.